The van der Waals surface area contributed by atoms with Crippen LogP contribution in [-0.2, 0) is 20.8 Å². The van der Waals surface area contributed by atoms with Gasteiger partial charge < -0.3 is 24.4 Å². The summed E-state index contributed by atoms with van der Waals surface area (Å²) in [4.78, 5) is 0. The smallest absolute Gasteiger partial charge is 0.186 e. The number of hydrogen-bond acceptors (Lipinski definition) is 5. The lowest BCUT2D eigenvalue weighted by Gasteiger charge is -2.36. The molecule has 5 nitrogen and oxygen atoms in total. The Bertz CT molecular complexity index is 356. The fourth-order valence-electron chi connectivity index (χ4n) is 1.97. The van der Waals surface area contributed by atoms with E-state index in [1.807, 2.05) is 30.3 Å². The van der Waals surface area contributed by atoms with Gasteiger partial charge in [-0.3, -0.25) is 0 Å². The van der Waals surface area contributed by atoms with Crippen LogP contribution in [0.3, 0.4) is 0 Å². The molecule has 0 aliphatic carbocycles. The third-order valence-electron chi connectivity index (χ3n) is 2.96. The third-order valence-corrected chi connectivity index (χ3v) is 2.96. The topological polar surface area (TPSA) is 68.2 Å². The highest BCUT2D eigenvalue weighted by Crippen LogP contribution is 2.19. The molecule has 1 fully saturated rings. The van der Waals surface area contributed by atoms with Gasteiger partial charge in [0.1, 0.15) is 18.3 Å². The number of aliphatic hydroxyl groups excluding tert-OH is 2. The average molecular weight is 254 g/mol. The summed E-state index contributed by atoms with van der Waals surface area (Å²) in [6.45, 7) is 0.435. The molecule has 1 aliphatic heterocycles. The molecule has 1 heterocycles. The summed E-state index contributed by atoms with van der Waals surface area (Å²) in [5.74, 6) is 0. The molecule has 2 rings (SSSR count). The van der Waals surface area contributed by atoms with Crippen molar-refractivity contribution in [3.63, 3.8) is 0 Å². The van der Waals surface area contributed by atoms with E-state index in [2.05, 4.69) is 0 Å². The number of rotatable bonds is 4. The number of methoxy groups -OCH3 is 1. The molecule has 0 unspecified atom stereocenters. The number of hydrogen-bond donors (Lipinski definition) is 2. The molecule has 0 saturated carbocycles. The lowest BCUT2D eigenvalue weighted by molar-refractivity contribution is -0.277. The van der Waals surface area contributed by atoms with Gasteiger partial charge in [0.2, 0.25) is 0 Å². The number of aliphatic hydroxyl groups is 2. The Morgan fingerprint density at radius 3 is 2.67 bits per heavy atom. The second-order valence-electron chi connectivity index (χ2n) is 4.26. The highest BCUT2D eigenvalue weighted by Gasteiger charge is 2.39. The van der Waals surface area contributed by atoms with E-state index in [0.717, 1.165) is 5.56 Å². The lowest BCUT2D eigenvalue weighted by Crippen LogP contribution is -2.54. The Balaban J connectivity index is 1.90. The first-order chi connectivity index (χ1) is 8.72. The van der Waals surface area contributed by atoms with Crippen molar-refractivity contribution in [1.29, 1.82) is 0 Å². The van der Waals surface area contributed by atoms with Gasteiger partial charge in [-0.2, -0.15) is 0 Å². The van der Waals surface area contributed by atoms with Crippen molar-refractivity contribution in [2.45, 2.75) is 31.2 Å². The van der Waals surface area contributed by atoms with Crippen LogP contribution in [0.15, 0.2) is 30.3 Å². The molecule has 0 aromatic heterocycles. The number of benzene rings is 1. The van der Waals surface area contributed by atoms with Crippen LogP contribution >= 0.6 is 0 Å². The summed E-state index contributed by atoms with van der Waals surface area (Å²) in [7, 11) is 1.44. The standard InChI is InChI=1S/C13H18O5/c1-16-12-10(14)8-18-13(11(12)15)17-7-9-5-3-2-4-6-9/h2-6,10-15H,7-8H2,1H3/t10-,11-,12+,13-/m0/s1. The fraction of sp³-hybridized carbons (Fsp3) is 0.538. The predicted molar refractivity (Wildman–Crippen MR) is 63.8 cm³/mol. The summed E-state index contributed by atoms with van der Waals surface area (Å²) in [5.41, 5.74) is 0.994. The summed E-state index contributed by atoms with van der Waals surface area (Å²) < 4.78 is 15.8. The molecular weight excluding hydrogens is 236 g/mol. The van der Waals surface area contributed by atoms with Gasteiger partial charge in [-0.25, -0.2) is 0 Å². The van der Waals surface area contributed by atoms with E-state index in [9.17, 15) is 10.2 Å². The average Bonchev–Trinajstić information content (AvgIpc) is 2.40. The molecule has 100 valence electrons. The second kappa shape index (κ2) is 6.26. The molecule has 1 saturated heterocycles. The first-order valence-electron chi connectivity index (χ1n) is 5.88. The molecule has 0 bridgehead atoms. The number of ether oxygens (including phenoxy) is 3. The maximum Gasteiger partial charge on any atom is 0.186 e. The molecule has 0 radical (unpaired) electrons. The van der Waals surface area contributed by atoms with E-state index in [0.29, 0.717) is 6.61 Å². The molecule has 1 aromatic carbocycles. The van der Waals surface area contributed by atoms with E-state index in [4.69, 9.17) is 14.2 Å². The molecule has 18 heavy (non-hydrogen) atoms. The van der Waals surface area contributed by atoms with Gasteiger partial charge in [0.15, 0.2) is 6.29 Å². The molecule has 4 atom stereocenters. The maximum atomic E-state index is 9.94. The zero-order chi connectivity index (χ0) is 13.0. The quantitative estimate of drug-likeness (QED) is 0.808. The van der Waals surface area contributed by atoms with E-state index in [-0.39, 0.29) is 6.61 Å². The second-order valence-corrected chi connectivity index (χ2v) is 4.26. The first-order valence-corrected chi connectivity index (χ1v) is 5.88. The Morgan fingerprint density at radius 2 is 2.00 bits per heavy atom. The van der Waals surface area contributed by atoms with Crippen molar-refractivity contribution >= 4 is 0 Å². The van der Waals surface area contributed by atoms with Crippen LogP contribution < -0.4 is 0 Å². The highest BCUT2D eigenvalue weighted by molar-refractivity contribution is 5.13. The highest BCUT2D eigenvalue weighted by atomic mass is 16.7. The van der Waals surface area contributed by atoms with Crippen molar-refractivity contribution in [3.05, 3.63) is 35.9 Å². The molecule has 0 amide bonds. The first kappa shape index (κ1) is 13.5. The third kappa shape index (κ3) is 3.07. The van der Waals surface area contributed by atoms with E-state index >= 15 is 0 Å². The van der Waals surface area contributed by atoms with Crippen LogP contribution in [-0.4, -0.2) is 48.5 Å². The fourth-order valence-corrected chi connectivity index (χ4v) is 1.97. The minimum Gasteiger partial charge on any atom is -0.388 e. The van der Waals surface area contributed by atoms with Crippen LogP contribution in [0.25, 0.3) is 0 Å². The summed E-state index contributed by atoms with van der Waals surface area (Å²) in [6.07, 6.45) is -3.29. The van der Waals surface area contributed by atoms with E-state index in [1.165, 1.54) is 7.11 Å². The Kier molecular flexibility index (Phi) is 4.68. The van der Waals surface area contributed by atoms with Gasteiger partial charge in [-0.15, -0.1) is 0 Å². The molecule has 0 spiro atoms. The van der Waals surface area contributed by atoms with E-state index < -0.39 is 24.6 Å². The van der Waals surface area contributed by atoms with Crippen LogP contribution in [0.4, 0.5) is 0 Å². The SMILES string of the molecule is CO[C@H]1[C@H](O)[C@@H](OCc2ccccc2)OC[C@@H]1O. The lowest BCUT2D eigenvalue weighted by atomic mass is 10.1. The van der Waals surface area contributed by atoms with Crippen molar-refractivity contribution in [1.82, 2.24) is 0 Å². The van der Waals surface area contributed by atoms with Gasteiger partial charge in [-0.05, 0) is 5.56 Å². The molecule has 1 aliphatic rings. The molecular formula is C13H18O5. The van der Waals surface area contributed by atoms with Crippen LogP contribution in [0.5, 0.6) is 0 Å². The van der Waals surface area contributed by atoms with Crippen LogP contribution in [0, 0.1) is 0 Å². The molecule has 2 N–H and O–H groups in total. The minimum atomic E-state index is -0.998. The molecule has 1 aromatic rings. The summed E-state index contributed by atoms with van der Waals surface area (Å²) in [6, 6.07) is 9.61. The van der Waals surface area contributed by atoms with Crippen molar-refractivity contribution < 1.29 is 24.4 Å². The Labute approximate surface area is 106 Å². The van der Waals surface area contributed by atoms with Crippen molar-refractivity contribution in [2.24, 2.45) is 0 Å². The van der Waals surface area contributed by atoms with E-state index in [1.54, 1.807) is 0 Å². The van der Waals surface area contributed by atoms with Gasteiger partial charge in [0, 0.05) is 7.11 Å². The predicted octanol–water partition coefficient (Wildman–Crippen LogP) is 0.296. The van der Waals surface area contributed by atoms with Gasteiger partial charge in [-0.1, -0.05) is 30.3 Å². The van der Waals surface area contributed by atoms with Crippen LogP contribution in [0.1, 0.15) is 5.56 Å². The minimum absolute atomic E-state index is 0.0923. The maximum absolute atomic E-state index is 9.94. The summed E-state index contributed by atoms with van der Waals surface area (Å²) in [5, 5.41) is 19.5. The van der Waals surface area contributed by atoms with Crippen molar-refractivity contribution in [2.75, 3.05) is 13.7 Å². The normalized spacial score (nSPS) is 32.4. The van der Waals surface area contributed by atoms with Gasteiger partial charge in [0.25, 0.3) is 0 Å². The largest absolute Gasteiger partial charge is 0.388 e. The monoisotopic (exact) mass is 254 g/mol. The van der Waals surface area contributed by atoms with Crippen molar-refractivity contribution in [3.8, 4) is 0 Å². The Morgan fingerprint density at radius 1 is 1.28 bits per heavy atom. The van der Waals surface area contributed by atoms with Gasteiger partial charge in [0.05, 0.1) is 13.2 Å². The summed E-state index contributed by atoms with van der Waals surface area (Å²) >= 11 is 0. The zero-order valence-electron chi connectivity index (χ0n) is 10.2. The van der Waals surface area contributed by atoms with Crippen LogP contribution in [0.2, 0.25) is 0 Å². The Hall–Kier alpha value is -0.980. The zero-order valence-corrected chi connectivity index (χ0v) is 10.2. The molecule has 5 heteroatoms. The van der Waals surface area contributed by atoms with Gasteiger partial charge >= 0.3 is 0 Å².